The van der Waals surface area contributed by atoms with Gasteiger partial charge in [0.05, 0.1) is 25.2 Å². The second-order valence-electron chi connectivity index (χ2n) is 9.16. The SMILES string of the molecule is Cc1c(C)c(C(C)N=C=O)c(C(CCCCCCCCCCCN=C=O)N=C=O)c(C)c1CN=C=O. The Morgan fingerprint density at radius 3 is 1.72 bits per heavy atom. The molecule has 0 bridgehead atoms. The highest BCUT2D eigenvalue weighted by molar-refractivity contribution is 5.55. The molecule has 1 aromatic rings. The number of aliphatic imine (C=N–C) groups is 4. The topological polar surface area (TPSA) is 118 Å². The van der Waals surface area contributed by atoms with Crippen LogP contribution in [0.25, 0.3) is 0 Å². The predicted octanol–water partition coefficient (Wildman–Crippen LogP) is 6.46. The van der Waals surface area contributed by atoms with Crippen molar-refractivity contribution in [2.75, 3.05) is 6.54 Å². The third-order valence-electron chi connectivity index (χ3n) is 6.89. The quantitative estimate of drug-likeness (QED) is 0.132. The first-order chi connectivity index (χ1) is 17.4. The molecule has 36 heavy (non-hydrogen) atoms. The fourth-order valence-electron chi connectivity index (χ4n) is 4.88. The fourth-order valence-corrected chi connectivity index (χ4v) is 4.88. The summed E-state index contributed by atoms with van der Waals surface area (Å²) in [5.41, 5.74) is 5.47. The van der Waals surface area contributed by atoms with E-state index in [9.17, 15) is 19.2 Å². The fraction of sp³-hybridized carbons (Fsp3) is 0.643. The number of unbranched alkanes of at least 4 members (excludes halogenated alkanes) is 8. The number of benzene rings is 1. The number of rotatable bonds is 18. The van der Waals surface area contributed by atoms with Crippen molar-refractivity contribution < 1.29 is 19.2 Å². The van der Waals surface area contributed by atoms with Crippen LogP contribution in [-0.4, -0.2) is 30.9 Å². The maximum Gasteiger partial charge on any atom is 0.235 e. The molecule has 0 radical (unpaired) electrons. The third kappa shape index (κ3) is 9.77. The molecule has 0 aliphatic rings. The number of carbonyl (C=O) groups excluding carboxylic acids is 4. The Morgan fingerprint density at radius 2 is 1.17 bits per heavy atom. The Morgan fingerprint density at radius 1 is 0.611 bits per heavy atom. The minimum Gasteiger partial charge on any atom is -0.211 e. The van der Waals surface area contributed by atoms with E-state index in [0.717, 1.165) is 78.3 Å². The molecule has 0 spiro atoms. The molecule has 8 nitrogen and oxygen atoms in total. The van der Waals surface area contributed by atoms with Gasteiger partial charge in [0.1, 0.15) is 0 Å². The van der Waals surface area contributed by atoms with Crippen molar-refractivity contribution >= 4 is 24.3 Å². The second-order valence-corrected chi connectivity index (χ2v) is 9.16. The zero-order valence-electron chi connectivity index (χ0n) is 22.1. The summed E-state index contributed by atoms with van der Waals surface area (Å²) in [6, 6.07) is -0.845. The molecule has 1 aromatic carbocycles. The average Bonchev–Trinajstić information content (AvgIpc) is 2.86. The van der Waals surface area contributed by atoms with Gasteiger partial charge in [-0.1, -0.05) is 51.4 Å². The van der Waals surface area contributed by atoms with Crippen LogP contribution in [0.3, 0.4) is 0 Å². The van der Waals surface area contributed by atoms with E-state index in [-0.39, 0.29) is 6.54 Å². The summed E-state index contributed by atoms with van der Waals surface area (Å²) < 4.78 is 0. The van der Waals surface area contributed by atoms with Crippen LogP contribution in [0, 0.1) is 20.8 Å². The molecule has 1 rings (SSSR count). The van der Waals surface area contributed by atoms with Crippen LogP contribution < -0.4 is 0 Å². The largest absolute Gasteiger partial charge is 0.235 e. The summed E-state index contributed by atoms with van der Waals surface area (Å²) in [6.45, 7) is 8.45. The van der Waals surface area contributed by atoms with Gasteiger partial charge in [0, 0.05) is 0 Å². The Labute approximate surface area is 214 Å². The summed E-state index contributed by atoms with van der Waals surface area (Å²) in [6.07, 6.45) is 16.9. The molecular weight excluding hydrogens is 456 g/mol. The maximum absolute atomic E-state index is 11.4. The standard InChI is InChI=1S/C28H38N4O4/c1-21-22(2)27(24(4)31-19-35)28(23(3)25(21)16-30-18-34)26(32-20-36)14-12-10-8-6-5-7-9-11-13-15-29-17-33/h24,26H,5-16H2,1-4H3. The number of nitrogens with zero attached hydrogens (tertiary/aromatic N) is 4. The molecule has 2 unspecified atom stereocenters. The molecule has 0 saturated heterocycles. The molecule has 2 atom stereocenters. The summed E-state index contributed by atoms with van der Waals surface area (Å²) in [4.78, 5) is 58.6. The minimum absolute atomic E-state index is 0.197. The van der Waals surface area contributed by atoms with Gasteiger partial charge in [-0.25, -0.2) is 29.2 Å². The van der Waals surface area contributed by atoms with Gasteiger partial charge in [0.25, 0.3) is 0 Å². The van der Waals surface area contributed by atoms with E-state index < -0.39 is 12.1 Å². The van der Waals surface area contributed by atoms with Crippen LogP contribution in [-0.2, 0) is 25.7 Å². The van der Waals surface area contributed by atoms with Crippen LogP contribution in [0.1, 0.15) is 117 Å². The molecule has 0 N–H and O–H groups in total. The van der Waals surface area contributed by atoms with Gasteiger partial charge >= 0.3 is 0 Å². The highest BCUT2D eigenvalue weighted by Crippen LogP contribution is 2.39. The Hall–Kier alpha value is -3.26. The molecule has 0 aromatic heterocycles. The van der Waals surface area contributed by atoms with Crippen LogP contribution in [0.2, 0.25) is 0 Å². The first kappa shape index (κ1) is 30.8. The smallest absolute Gasteiger partial charge is 0.211 e. The van der Waals surface area contributed by atoms with E-state index in [0.29, 0.717) is 13.0 Å². The number of isocyanates is 4. The highest BCUT2D eigenvalue weighted by atomic mass is 16.1. The first-order valence-electron chi connectivity index (χ1n) is 12.8. The van der Waals surface area contributed by atoms with Crippen molar-refractivity contribution in [2.24, 2.45) is 20.0 Å². The molecule has 0 aliphatic heterocycles. The average molecular weight is 495 g/mol. The molecule has 0 aliphatic carbocycles. The third-order valence-corrected chi connectivity index (χ3v) is 6.89. The molecule has 194 valence electrons. The van der Waals surface area contributed by atoms with Gasteiger partial charge in [0.15, 0.2) is 0 Å². The van der Waals surface area contributed by atoms with E-state index in [2.05, 4.69) is 20.0 Å². The van der Waals surface area contributed by atoms with Gasteiger partial charge in [-0.3, -0.25) is 0 Å². The molecular formula is C28H38N4O4. The zero-order valence-corrected chi connectivity index (χ0v) is 22.1. The van der Waals surface area contributed by atoms with Crippen molar-refractivity contribution in [1.29, 1.82) is 0 Å². The van der Waals surface area contributed by atoms with Gasteiger partial charge in [-0.05, 0) is 73.9 Å². The van der Waals surface area contributed by atoms with Crippen LogP contribution in [0.4, 0.5) is 0 Å². The van der Waals surface area contributed by atoms with Crippen LogP contribution in [0.5, 0.6) is 0 Å². The lowest BCUT2D eigenvalue weighted by molar-refractivity contribution is 0.519. The van der Waals surface area contributed by atoms with Crippen molar-refractivity contribution in [3.05, 3.63) is 33.4 Å². The summed E-state index contributed by atoms with van der Waals surface area (Å²) in [5.74, 6) is 0. The highest BCUT2D eigenvalue weighted by Gasteiger charge is 2.26. The van der Waals surface area contributed by atoms with E-state index in [1.807, 2.05) is 27.7 Å². The van der Waals surface area contributed by atoms with Crippen molar-refractivity contribution in [1.82, 2.24) is 0 Å². The Kier molecular flexibility index (Phi) is 15.4. The lowest BCUT2D eigenvalue weighted by Crippen LogP contribution is -2.12. The monoisotopic (exact) mass is 494 g/mol. The van der Waals surface area contributed by atoms with Crippen LogP contribution in [0.15, 0.2) is 20.0 Å². The summed E-state index contributed by atoms with van der Waals surface area (Å²) >= 11 is 0. The van der Waals surface area contributed by atoms with Gasteiger partial charge < -0.3 is 0 Å². The lowest BCUT2D eigenvalue weighted by Gasteiger charge is -2.26. The van der Waals surface area contributed by atoms with Crippen molar-refractivity contribution in [3.63, 3.8) is 0 Å². The lowest BCUT2D eigenvalue weighted by atomic mass is 9.81. The zero-order chi connectivity index (χ0) is 26.8. The number of hydrogen-bond acceptors (Lipinski definition) is 8. The van der Waals surface area contributed by atoms with Crippen molar-refractivity contribution in [2.45, 2.75) is 111 Å². The molecule has 0 heterocycles. The van der Waals surface area contributed by atoms with Crippen molar-refractivity contribution in [3.8, 4) is 0 Å². The van der Waals surface area contributed by atoms with E-state index >= 15 is 0 Å². The van der Waals surface area contributed by atoms with Crippen LogP contribution >= 0.6 is 0 Å². The molecule has 0 saturated carbocycles. The molecule has 8 heteroatoms. The number of hydrogen-bond donors (Lipinski definition) is 0. The van der Waals surface area contributed by atoms with Gasteiger partial charge in [-0.2, -0.15) is 9.98 Å². The normalized spacial score (nSPS) is 11.9. The van der Waals surface area contributed by atoms with E-state index in [4.69, 9.17) is 0 Å². The van der Waals surface area contributed by atoms with E-state index in [1.54, 1.807) is 24.3 Å². The second kappa shape index (κ2) is 18.1. The molecule has 0 fully saturated rings. The predicted molar refractivity (Wildman–Crippen MR) is 139 cm³/mol. The van der Waals surface area contributed by atoms with Gasteiger partial charge in [-0.15, -0.1) is 0 Å². The van der Waals surface area contributed by atoms with E-state index in [1.165, 1.54) is 12.8 Å². The maximum atomic E-state index is 11.4. The first-order valence-corrected chi connectivity index (χ1v) is 12.8. The van der Waals surface area contributed by atoms with Gasteiger partial charge in [0.2, 0.25) is 24.3 Å². The minimum atomic E-state index is -0.437. The Bertz CT molecular complexity index is 1040. The summed E-state index contributed by atoms with van der Waals surface area (Å²) in [7, 11) is 0. The molecule has 0 amide bonds. The summed E-state index contributed by atoms with van der Waals surface area (Å²) in [5, 5.41) is 0. The Balaban J connectivity index is 2.92.